The van der Waals surface area contributed by atoms with Crippen LogP contribution < -0.4 is 20.9 Å². The Morgan fingerprint density at radius 3 is 2.62 bits per heavy atom. The molecule has 2 N–H and O–H groups in total. The molecule has 0 bridgehead atoms. The number of nitriles is 1. The Bertz CT molecular complexity index is 2260. The van der Waals surface area contributed by atoms with Gasteiger partial charge in [-0.1, -0.05) is 0 Å². The van der Waals surface area contributed by atoms with Crippen molar-refractivity contribution in [1.29, 1.82) is 5.26 Å². The molecule has 0 unspecified atom stereocenters. The van der Waals surface area contributed by atoms with Gasteiger partial charge in [0.05, 0.1) is 21.5 Å². The Kier molecular flexibility index (Phi) is 7.91. The van der Waals surface area contributed by atoms with Gasteiger partial charge in [0.2, 0.25) is 5.91 Å². The highest BCUT2D eigenvalue weighted by molar-refractivity contribution is 7.23. The van der Waals surface area contributed by atoms with Crippen LogP contribution in [0.5, 0.6) is 6.01 Å². The van der Waals surface area contributed by atoms with Gasteiger partial charge in [0.25, 0.3) is 5.56 Å². The largest absolute Gasteiger partial charge is 0.461 e. The number of nitrogens with zero attached hydrogens (tertiary/aromatic N) is 7. The molecule has 52 heavy (non-hydrogen) atoms. The summed E-state index contributed by atoms with van der Waals surface area (Å²) in [5.41, 5.74) is 4.86. The maximum absolute atomic E-state index is 17.5. The molecule has 1 saturated carbocycles. The second-order valence-corrected chi connectivity index (χ2v) is 16.4. The average Bonchev–Trinajstić information content (AvgIpc) is 3.69. The quantitative estimate of drug-likeness (QED) is 0.248. The number of carbonyl (C=O) groups is 1. The molecule has 11 nitrogen and oxygen atoms in total. The second kappa shape index (κ2) is 12.2. The number of hydrogen-bond donors (Lipinski definition) is 1. The van der Waals surface area contributed by atoms with Crippen LogP contribution >= 0.6 is 22.9 Å². The first-order valence-corrected chi connectivity index (χ1v) is 19.1. The van der Waals surface area contributed by atoms with Crippen molar-refractivity contribution in [3.05, 3.63) is 39.7 Å². The van der Waals surface area contributed by atoms with Gasteiger partial charge >= 0.3 is 6.01 Å². The van der Waals surface area contributed by atoms with Crippen molar-refractivity contribution < 1.29 is 22.7 Å². The minimum atomic E-state index is -0.974. The van der Waals surface area contributed by atoms with Gasteiger partial charge < -0.3 is 24.8 Å². The van der Waals surface area contributed by atoms with Gasteiger partial charge in [-0.25, -0.2) is 13.2 Å². The lowest BCUT2D eigenvalue weighted by Crippen LogP contribution is -2.61. The lowest BCUT2D eigenvalue weighted by Gasteiger charge is -2.54. The first kappa shape index (κ1) is 33.7. The minimum absolute atomic E-state index is 0.0131. The van der Waals surface area contributed by atoms with Crippen LogP contribution in [0, 0.1) is 28.4 Å². The van der Waals surface area contributed by atoms with Gasteiger partial charge in [0.1, 0.15) is 52.3 Å². The summed E-state index contributed by atoms with van der Waals surface area (Å²) in [6.07, 6.45) is 3.77. The maximum atomic E-state index is 17.5. The number of nitrogens with two attached hydrogens (primary N) is 1. The highest BCUT2D eigenvalue weighted by Gasteiger charge is 2.50. The Labute approximate surface area is 305 Å². The van der Waals surface area contributed by atoms with Gasteiger partial charge in [0, 0.05) is 61.6 Å². The van der Waals surface area contributed by atoms with Crippen molar-refractivity contribution in [2.75, 3.05) is 62.4 Å². The SMILES string of the molecule is N#Cc1c(N)sc2c(F)ccc(-c3c(F)c4nc(OC[C@@]56CCCN5C[C@H](F)C6)nc(N5CC6(CCN(C(=O)CCl)CC6)C5)c4c(=O)n3C3CC3)c12. The summed E-state index contributed by atoms with van der Waals surface area (Å²) in [7, 11) is 0. The van der Waals surface area contributed by atoms with Crippen LogP contribution in [-0.4, -0.2) is 93.7 Å². The smallest absolute Gasteiger partial charge is 0.319 e. The number of amides is 1. The second-order valence-electron chi connectivity index (χ2n) is 15.1. The molecule has 4 saturated heterocycles. The number of rotatable bonds is 7. The topological polar surface area (TPSA) is 134 Å². The van der Waals surface area contributed by atoms with Crippen LogP contribution in [0.3, 0.4) is 0 Å². The van der Waals surface area contributed by atoms with E-state index in [1.54, 1.807) is 4.90 Å². The number of hydrogen-bond acceptors (Lipinski definition) is 10. The zero-order valence-corrected chi connectivity index (χ0v) is 29.8. The first-order valence-electron chi connectivity index (χ1n) is 17.7. The van der Waals surface area contributed by atoms with Crippen molar-refractivity contribution in [2.24, 2.45) is 5.41 Å². The van der Waals surface area contributed by atoms with E-state index < -0.39 is 28.9 Å². The molecule has 5 aliphatic rings. The number of carbonyl (C=O) groups excluding carboxylic acids is 1. The number of aromatic nitrogens is 3. The number of piperidine rings is 1. The number of likely N-dealkylation sites (tertiary alicyclic amines) is 1. The molecule has 7 heterocycles. The van der Waals surface area contributed by atoms with Crippen molar-refractivity contribution in [1.82, 2.24) is 24.3 Å². The lowest BCUT2D eigenvalue weighted by molar-refractivity contribution is -0.131. The normalized spacial score (nSPS) is 24.1. The summed E-state index contributed by atoms with van der Waals surface area (Å²) in [5, 5.41) is 10.3. The molecule has 16 heteroatoms. The van der Waals surface area contributed by atoms with Gasteiger partial charge in [-0.3, -0.25) is 14.5 Å². The highest BCUT2D eigenvalue weighted by atomic mass is 35.5. The fourth-order valence-corrected chi connectivity index (χ4v) is 10.3. The molecule has 4 aliphatic heterocycles. The number of fused-ring (bicyclic) bond motifs is 3. The van der Waals surface area contributed by atoms with Crippen molar-refractivity contribution in [3.63, 3.8) is 0 Å². The number of thiophene rings is 1. The molecule has 1 aromatic carbocycles. The van der Waals surface area contributed by atoms with Crippen molar-refractivity contribution >= 4 is 60.7 Å². The van der Waals surface area contributed by atoms with E-state index >= 15 is 8.78 Å². The summed E-state index contributed by atoms with van der Waals surface area (Å²) in [5.74, 6) is -1.33. The first-order chi connectivity index (χ1) is 25.0. The summed E-state index contributed by atoms with van der Waals surface area (Å²) in [6.45, 7) is 3.42. The van der Waals surface area contributed by atoms with Crippen molar-refractivity contribution in [2.45, 2.75) is 62.7 Å². The van der Waals surface area contributed by atoms with Crippen LogP contribution in [0.25, 0.3) is 32.2 Å². The standard InChI is InChI=1S/C36H36ClF3N8O3S/c37-13-24(49)45-10-7-35(8-11-45)16-46(17-35)32-26-28(43-34(44-32)51-18-36-6-1-9-47(36)15-19(38)12-36)27(40)29(48(33(26)50)20-2-3-20)21-4-5-23(39)30-25(21)22(14-41)31(42)52-30/h4-5,19-20H,1-3,6-13,15-18,42H2/t19-,36+/m1/s1. The maximum Gasteiger partial charge on any atom is 0.319 e. The Morgan fingerprint density at radius 1 is 1.13 bits per heavy atom. The number of ether oxygens (including phenoxy) is 1. The Morgan fingerprint density at radius 2 is 1.90 bits per heavy atom. The van der Waals surface area contributed by atoms with Gasteiger partial charge in [-0.2, -0.15) is 15.2 Å². The Balaban J connectivity index is 1.19. The van der Waals surface area contributed by atoms with Crippen LogP contribution in [0.2, 0.25) is 0 Å². The zero-order chi connectivity index (χ0) is 36.1. The van der Waals surface area contributed by atoms with E-state index in [0.29, 0.717) is 52.0 Å². The molecular formula is C36H36ClF3N8O3S. The third-order valence-corrected chi connectivity index (χ3v) is 13.2. The number of halogens is 4. The summed E-state index contributed by atoms with van der Waals surface area (Å²) < 4.78 is 55.0. The molecule has 9 rings (SSSR count). The molecule has 2 atom stereocenters. The predicted molar refractivity (Wildman–Crippen MR) is 192 cm³/mol. The summed E-state index contributed by atoms with van der Waals surface area (Å²) in [6, 6.07) is 4.18. The third kappa shape index (κ3) is 5.15. The minimum Gasteiger partial charge on any atom is -0.461 e. The lowest BCUT2D eigenvalue weighted by atomic mass is 9.72. The van der Waals surface area contributed by atoms with Gasteiger partial charge in [0.15, 0.2) is 5.82 Å². The number of anilines is 2. The molecule has 0 radical (unpaired) electrons. The molecule has 4 aromatic rings. The van der Waals surface area contributed by atoms with Crippen LogP contribution in [0.15, 0.2) is 16.9 Å². The van der Waals surface area contributed by atoms with Crippen LogP contribution in [-0.2, 0) is 4.79 Å². The fourth-order valence-electron chi connectivity index (χ4n) is 9.14. The van der Waals surface area contributed by atoms with E-state index in [-0.39, 0.29) is 84.5 Å². The molecule has 1 amide bonds. The van der Waals surface area contributed by atoms with E-state index in [0.717, 1.165) is 43.6 Å². The van der Waals surface area contributed by atoms with E-state index in [1.165, 1.54) is 16.7 Å². The number of benzene rings is 1. The molecule has 272 valence electrons. The third-order valence-electron chi connectivity index (χ3n) is 11.9. The predicted octanol–water partition coefficient (Wildman–Crippen LogP) is 5.36. The number of alkyl halides is 2. The van der Waals surface area contributed by atoms with E-state index in [9.17, 15) is 19.2 Å². The highest BCUT2D eigenvalue weighted by Crippen LogP contribution is 2.48. The summed E-state index contributed by atoms with van der Waals surface area (Å²) in [4.78, 5) is 42.1. The summed E-state index contributed by atoms with van der Waals surface area (Å²) >= 11 is 6.71. The van der Waals surface area contributed by atoms with Crippen molar-refractivity contribution in [3.8, 4) is 23.3 Å². The molecular weight excluding hydrogens is 717 g/mol. The Hall–Kier alpha value is -4.13. The van der Waals surface area contributed by atoms with Crippen LogP contribution in [0.4, 0.5) is 24.0 Å². The fraction of sp³-hybridized carbons (Fsp3) is 0.528. The van der Waals surface area contributed by atoms with E-state index in [4.69, 9.17) is 27.1 Å². The average molecular weight is 753 g/mol. The van der Waals surface area contributed by atoms with Gasteiger partial charge in [-0.05, 0) is 57.2 Å². The number of pyridine rings is 1. The number of nitrogen functional groups attached to an aromatic ring is 1. The van der Waals surface area contributed by atoms with Gasteiger partial charge in [-0.15, -0.1) is 22.9 Å². The van der Waals surface area contributed by atoms with E-state index in [2.05, 4.69) is 9.88 Å². The van der Waals surface area contributed by atoms with E-state index in [1.807, 2.05) is 11.0 Å². The van der Waals surface area contributed by atoms with Crippen LogP contribution in [0.1, 0.15) is 56.6 Å². The molecule has 1 aliphatic carbocycles. The molecule has 5 fully saturated rings. The zero-order valence-electron chi connectivity index (χ0n) is 28.3. The molecule has 1 spiro atoms. The monoisotopic (exact) mass is 752 g/mol. The molecule has 3 aromatic heterocycles.